The monoisotopic (exact) mass is 385 g/mol. The third-order valence-corrected chi connectivity index (χ3v) is 5.67. The molecule has 0 spiro atoms. The molecule has 28 heavy (non-hydrogen) atoms. The number of piperidine rings is 2. The van der Waals surface area contributed by atoms with Crippen LogP contribution in [-0.4, -0.2) is 54.3 Å². The maximum absolute atomic E-state index is 13.0. The molecule has 1 aromatic rings. The van der Waals surface area contributed by atoms with E-state index in [1.165, 1.54) is 0 Å². The van der Waals surface area contributed by atoms with E-state index in [1.54, 1.807) is 18.2 Å². The Kier molecular flexibility index (Phi) is 5.13. The average Bonchev–Trinajstić information content (AvgIpc) is 2.94. The van der Waals surface area contributed by atoms with E-state index < -0.39 is 23.8 Å². The standard InChI is InChI=1S/C20H23N3O5/c24-16-5-4-14(18(25)22-16)23-19(26)13-2-1-3-15(17(13)20(23)27)28-11-8-12-6-9-21-10-7-12/h1-3,12,14,21H,4-11H2,(H,22,24,25). The van der Waals surface area contributed by atoms with Gasteiger partial charge in [0.1, 0.15) is 11.8 Å². The third kappa shape index (κ3) is 3.40. The molecule has 0 saturated carbocycles. The number of nitrogens with zero attached hydrogens (tertiary/aromatic N) is 1. The summed E-state index contributed by atoms with van der Waals surface area (Å²) >= 11 is 0. The van der Waals surface area contributed by atoms with Crippen molar-refractivity contribution in [2.45, 2.75) is 38.1 Å². The number of imide groups is 2. The van der Waals surface area contributed by atoms with E-state index in [-0.39, 0.29) is 29.9 Å². The van der Waals surface area contributed by atoms with Gasteiger partial charge in [0.15, 0.2) is 0 Å². The molecule has 0 aliphatic carbocycles. The number of nitrogens with one attached hydrogen (secondary N) is 2. The first kappa shape index (κ1) is 18.6. The van der Waals surface area contributed by atoms with Gasteiger partial charge in [-0.1, -0.05) is 6.07 Å². The van der Waals surface area contributed by atoms with Crippen LogP contribution in [0.5, 0.6) is 5.75 Å². The molecule has 8 nitrogen and oxygen atoms in total. The number of hydrogen-bond acceptors (Lipinski definition) is 6. The van der Waals surface area contributed by atoms with Crippen molar-refractivity contribution in [1.82, 2.24) is 15.5 Å². The van der Waals surface area contributed by atoms with Crippen LogP contribution in [0.2, 0.25) is 0 Å². The summed E-state index contributed by atoms with van der Waals surface area (Å²) in [6.45, 7) is 2.50. The van der Waals surface area contributed by atoms with Gasteiger partial charge in [-0.25, -0.2) is 0 Å². The van der Waals surface area contributed by atoms with Crippen molar-refractivity contribution in [1.29, 1.82) is 0 Å². The summed E-state index contributed by atoms with van der Waals surface area (Å²) in [5.41, 5.74) is 0.455. The molecule has 4 rings (SSSR count). The summed E-state index contributed by atoms with van der Waals surface area (Å²) in [6.07, 6.45) is 3.35. The number of rotatable bonds is 5. The fourth-order valence-electron chi connectivity index (χ4n) is 4.11. The van der Waals surface area contributed by atoms with Crippen LogP contribution in [0.1, 0.15) is 52.8 Å². The lowest BCUT2D eigenvalue weighted by Crippen LogP contribution is -2.54. The maximum atomic E-state index is 13.0. The Morgan fingerprint density at radius 3 is 2.57 bits per heavy atom. The third-order valence-electron chi connectivity index (χ3n) is 5.67. The van der Waals surface area contributed by atoms with Gasteiger partial charge in [0.2, 0.25) is 11.8 Å². The largest absolute Gasteiger partial charge is 0.493 e. The van der Waals surface area contributed by atoms with Crippen molar-refractivity contribution in [3.05, 3.63) is 29.3 Å². The SMILES string of the molecule is O=C1CCC(N2C(=O)c3cccc(OCCC4CCNCC4)c3C2=O)C(=O)N1. The zero-order valence-electron chi connectivity index (χ0n) is 15.5. The number of amides is 4. The molecule has 4 amide bonds. The van der Waals surface area contributed by atoms with Gasteiger partial charge >= 0.3 is 0 Å². The fraction of sp³-hybridized carbons (Fsp3) is 0.500. The van der Waals surface area contributed by atoms with Gasteiger partial charge in [-0.3, -0.25) is 29.4 Å². The van der Waals surface area contributed by atoms with E-state index in [2.05, 4.69) is 10.6 Å². The van der Waals surface area contributed by atoms with Gasteiger partial charge in [0.25, 0.3) is 11.8 Å². The molecule has 3 aliphatic rings. The first-order valence-corrected chi connectivity index (χ1v) is 9.74. The van der Waals surface area contributed by atoms with Gasteiger partial charge in [-0.2, -0.15) is 0 Å². The smallest absolute Gasteiger partial charge is 0.266 e. The number of benzene rings is 1. The van der Waals surface area contributed by atoms with Crippen LogP contribution in [0.4, 0.5) is 0 Å². The molecule has 1 unspecified atom stereocenters. The highest BCUT2D eigenvalue weighted by Crippen LogP contribution is 2.33. The molecule has 0 radical (unpaired) electrons. The molecule has 3 aliphatic heterocycles. The minimum atomic E-state index is -0.965. The number of carbonyl (C=O) groups excluding carboxylic acids is 4. The predicted molar refractivity (Wildman–Crippen MR) is 98.8 cm³/mol. The predicted octanol–water partition coefficient (Wildman–Crippen LogP) is 0.856. The second kappa shape index (κ2) is 7.71. The molecular formula is C20H23N3O5. The molecule has 8 heteroatoms. The second-order valence-electron chi connectivity index (χ2n) is 7.46. The highest BCUT2D eigenvalue weighted by molar-refractivity contribution is 6.24. The zero-order valence-corrected chi connectivity index (χ0v) is 15.5. The van der Waals surface area contributed by atoms with Crippen molar-refractivity contribution >= 4 is 23.6 Å². The van der Waals surface area contributed by atoms with Crippen molar-refractivity contribution in [2.75, 3.05) is 19.7 Å². The Labute approximate surface area is 162 Å². The van der Waals surface area contributed by atoms with Crippen LogP contribution in [0.3, 0.4) is 0 Å². The van der Waals surface area contributed by atoms with Gasteiger partial charge < -0.3 is 10.1 Å². The summed E-state index contributed by atoms with van der Waals surface area (Å²) in [4.78, 5) is 50.2. The lowest BCUT2D eigenvalue weighted by Gasteiger charge is -2.27. The number of hydrogen-bond donors (Lipinski definition) is 2. The molecule has 1 aromatic carbocycles. The summed E-state index contributed by atoms with van der Waals surface area (Å²) in [5, 5.41) is 5.53. The van der Waals surface area contributed by atoms with Crippen LogP contribution in [0, 0.1) is 5.92 Å². The molecule has 148 valence electrons. The number of ether oxygens (including phenoxy) is 1. The summed E-state index contributed by atoms with van der Waals surface area (Å²) < 4.78 is 5.88. The molecule has 1 atom stereocenters. The van der Waals surface area contributed by atoms with E-state index >= 15 is 0 Å². The van der Waals surface area contributed by atoms with Crippen molar-refractivity contribution in [3.63, 3.8) is 0 Å². The van der Waals surface area contributed by atoms with Crippen LogP contribution in [0.25, 0.3) is 0 Å². The van der Waals surface area contributed by atoms with Crippen LogP contribution in [0.15, 0.2) is 18.2 Å². The van der Waals surface area contributed by atoms with Crippen LogP contribution < -0.4 is 15.4 Å². The zero-order chi connectivity index (χ0) is 19.7. The second-order valence-corrected chi connectivity index (χ2v) is 7.46. The molecular weight excluding hydrogens is 362 g/mol. The highest BCUT2D eigenvalue weighted by atomic mass is 16.5. The van der Waals surface area contributed by atoms with Crippen LogP contribution >= 0.6 is 0 Å². The quantitative estimate of drug-likeness (QED) is 0.729. The van der Waals surface area contributed by atoms with E-state index in [1.807, 2.05) is 0 Å². The van der Waals surface area contributed by atoms with Gasteiger partial charge in [0, 0.05) is 6.42 Å². The normalized spacial score (nSPS) is 23.0. The van der Waals surface area contributed by atoms with E-state index in [4.69, 9.17) is 4.74 Å². The Morgan fingerprint density at radius 2 is 1.82 bits per heavy atom. The number of carbonyl (C=O) groups is 4. The van der Waals surface area contributed by atoms with Crippen molar-refractivity contribution in [2.24, 2.45) is 5.92 Å². The van der Waals surface area contributed by atoms with E-state index in [9.17, 15) is 19.2 Å². The van der Waals surface area contributed by atoms with Gasteiger partial charge in [-0.05, 0) is 56.8 Å². The Bertz CT molecular complexity index is 831. The topological polar surface area (TPSA) is 105 Å². The molecule has 2 fully saturated rings. The minimum absolute atomic E-state index is 0.101. The van der Waals surface area contributed by atoms with Gasteiger partial charge in [-0.15, -0.1) is 0 Å². The van der Waals surface area contributed by atoms with Crippen molar-refractivity contribution in [3.8, 4) is 5.75 Å². The Balaban J connectivity index is 1.49. The molecule has 2 N–H and O–H groups in total. The minimum Gasteiger partial charge on any atom is -0.493 e. The summed E-state index contributed by atoms with van der Waals surface area (Å²) in [7, 11) is 0. The molecule has 3 heterocycles. The maximum Gasteiger partial charge on any atom is 0.266 e. The van der Waals surface area contributed by atoms with E-state index in [0.29, 0.717) is 18.3 Å². The van der Waals surface area contributed by atoms with Gasteiger partial charge in [0.05, 0.1) is 17.7 Å². The highest BCUT2D eigenvalue weighted by Gasteiger charge is 2.45. The lowest BCUT2D eigenvalue weighted by molar-refractivity contribution is -0.136. The number of fused-ring (bicyclic) bond motifs is 1. The molecule has 0 bridgehead atoms. The van der Waals surface area contributed by atoms with Crippen molar-refractivity contribution < 1.29 is 23.9 Å². The van der Waals surface area contributed by atoms with E-state index in [0.717, 1.165) is 37.3 Å². The summed E-state index contributed by atoms with van der Waals surface area (Å²) in [6, 6.07) is 3.96. The Hall–Kier alpha value is -2.74. The average molecular weight is 385 g/mol. The molecule has 0 aromatic heterocycles. The molecule has 2 saturated heterocycles. The summed E-state index contributed by atoms with van der Waals surface area (Å²) in [5.74, 6) is -1.08. The first-order valence-electron chi connectivity index (χ1n) is 9.74. The first-order chi connectivity index (χ1) is 13.6. The lowest BCUT2D eigenvalue weighted by atomic mass is 9.95. The Morgan fingerprint density at radius 1 is 1.04 bits per heavy atom. The fourth-order valence-corrected chi connectivity index (χ4v) is 4.11. The van der Waals surface area contributed by atoms with Crippen LogP contribution in [-0.2, 0) is 9.59 Å².